The largest absolute Gasteiger partial charge is 0.398 e. The van der Waals surface area contributed by atoms with Crippen molar-refractivity contribution in [3.05, 3.63) is 46.0 Å². The summed E-state index contributed by atoms with van der Waals surface area (Å²) in [6, 6.07) is 7.75. The van der Waals surface area contributed by atoms with Crippen molar-refractivity contribution in [3.8, 4) is 0 Å². The average molecular weight is 445 g/mol. The SMILES string of the molecule is CNC(=O)/C(=N/OC)c1ccccc1CON=CCC1=C(C)SC2N1N=CN2C(C)C. The number of nitrogens with one attached hydrogen (secondary N) is 1. The summed E-state index contributed by atoms with van der Waals surface area (Å²) in [7, 11) is 2.95. The Bertz CT molecular complexity index is 927. The number of hydrazone groups is 1. The van der Waals surface area contributed by atoms with Crippen LogP contribution in [0.4, 0.5) is 0 Å². The molecule has 0 fully saturated rings. The minimum absolute atomic E-state index is 0.180. The van der Waals surface area contributed by atoms with E-state index >= 15 is 0 Å². The van der Waals surface area contributed by atoms with Crippen LogP contribution in [0.5, 0.6) is 0 Å². The van der Waals surface area contributed by atoms with Crippen LogP contribution in [-0.2, 0) is 21.1 Å². The number of allylic oxidation sites excluding steroid dienone is 2. The van der Waals surface area contributed by atoms with Gasteiger partial charge in [-0.2, -0.15) is 5.10 Å². The summed E-state index contributed by atoms with van der Waals surface area (Å²) >= 11 is 1.80. The van der Waals surface area contributed by atoms with Gasteiger partial charge in [0.15, 0.2) is 11.2 Å². The maximum atomic E-state index is 12.1. The van der Waals surface area contributed by atoms with Crippen LogP contribution < -0.4 is 5.32 Å². The van der Waals surface area contributed by atoms with E-state index in [9.17, 15) is 4.79 Å². The number of hydrogen-bond acceptors (Lipinski definition) is 9. The predicted octanol–water partition coefficient (Wildman–Crippen LogP) is 2.91. The fourth-order valence-electron chi connectivity index (χ4n) is 3.27. The summed E-state index contributed by atoms with van der Waals surface area (Å²) in [5.41, 5.74) is 2.90. The van der Waals surface area contributed by atoms with E-state index in [4.69, 9.17) is 9.68 Å². The minimum atomic E-state index is -0.338. The van der Waals surface area contributed by atoms with Crippen molar-refractivity contribution < 1.29 is 14.5 Å². The van der Waals surface area contributed by atoms with Gasteiger partial charge >= 0.3 is 0 Å². The van der Waals surface area contributed by atoms with E-state index in [1.807, 2.05) is 29.5 Å². The number of nitrogens with zero attached hydrogens (tertiary/aromatic N) is 5. The Balaban J connectivity index is 1.61. The Hall–Kier alpha value is -3.01. The van der Waals surface area contributed by atoms with Crippen molar-refractivity contribution >= 4 is 35.9 Å². The highest BCUT2D eigenvalue weighted by Crippen LogP contribution is 2.43. The van der Waals surface area contributed by atoms with E-state index in [0.29, 0.717) is 18.0 Å². The van der Waals surface area contributed by atoms with Gasteiger partial charge in [0.1, 0.15) is 20.1 Å². The number of fused-ring (bicyclic) bond motifs is 1. The smallest absolute Gasteiger partial charge is 0.273 e. The van der Waals surface area contributed by atoms with Crippen molar-refractivity contribution in [2.24, 2.45) is 15.4 Å². The molecule has 9 nitrogen and oxygen atoms in total. The quantitative estimate of drug-likeness (QED) is 0.465. The van der Waals surface area contributed by atoms with Crippen LogP contribution in [0.15, 0.2) is 50.3 Å². The maximum Gasteiger partial charge on any atom is 0.273 e. The highest BCUT2D eigenvalue weighted by atomic mass is 32.2. The first-order chi connectivity index (χ1) is 15.0. The number of thioether (sulfide) groups is 1. The molecule has 0 aliphatic carbocycles. The summed E-state index contributed by atoms with van der Waals surface area (Å²) in [4.78, 5) is 26.0. The number of rotatable bonds is 9. The highest BCUT2D eigenvalue weighted by Gasteiger charge is 2.38. The summed E-state index contributed by atoms with van der Waals surface area (Å²) in [5.74, 6) is -0.338. The lowest BCUT2D eigenvalue weighted by molar-refractivity contribution is -0.114. The number of benzene rings is 1. The van der Waals surface area contributed by atoms with Gasteiger partial charge in [-0.25, -0.2) is 5.01 Å². The molecule has 1 unspecified atom stereocenters. The zero-order chi connectivity index (χ0) is 22.4. The van der Waals surface area contributed by atoms with E-state index < -0.39 is 0 Å². The van der Waals surface area contributed by atoms with Crippen molar-refractivity contribution in [3.63, 3.8) is 0 Å². The molecular formula is C21H28N6O3S. The number of likely N-dealkylation sites (N-methyl/N-ethyl adjacent to an activating group) is 1. The van der Waals surface area contributed by atoms with E-state index in [2.05, 4.69) is 46.4 Å². The Labute approximate surface area is 186 Å². The molecule has 0 saturated heterocycles. The lowest BCUT2D eigenvalue weighted by Crippen LogP contribution is -2.38. The number of amides is 1. The molecule has 1 atom stereocenters. The molecule has 3 rings (SSSR count). The third kappa shape index (κ3) is 5.01. The third-order valence-electron chi connectivity index (χ3n) is 4.89. The van der Waals surface area contributed by atoms with Crippen LogP contribution in [0, 0.1) is 0 Å². The van der Waals surface area contributed by atoms with Gasteiger partial charge in [0.25, 0.3) is 5.91 Å². The molecule has 2 heterocycles. The Morgan fingerprint density at radius 2 is 2.16 bits per heavy atom. The number of oxime groups is 2. The first kappa shape index (κ1) is 22.7. The number of carbonyl (C=O) groups excluding carboxylic acids is 1. The van der Waals surface area contributed by atoms with Crippen LogP contribution >= 0.6 is 11.8 Å². The Morgan fingerprint density at radius 3 is 2.87 bits per heavy atom. The number of hydrogen-bond donors (Lipinski definition) is 1. The first-order valence-corrected chi connectivity index (χ1v) is 10.9. The average Bonchev–Trinajstić information content (AvgIpc) is 3.30. The van der Waals surface area contributed by atoms with E-state index in [1.54, 1.807) is 31.1 Å². The van der Waals surface area contributed by atoms with Crippen LogP contribution in [0.1, 0.15) is 38.3 Å². The van der Waals surface area contributed by atoms with Gasteiger partial charge in [0, 0.05) is 41.8 Å². The molecule has 31 heavy (non-hydrogen) atoms. The molecule has 1 N–H and O–H groups in total. The lowest BCUT2D eigenvalue weighted by Gasteiger charge is -2.28. The molecule has 0 saturated carbocycles. The predicted molar refractivity (Wildman–Crippen MR) is 123 cm³/mol. The zero-order valence-corrected chi connectivity index (χ0v) is 19.2. The molecular weight excluding hydrogens is 416 g/mol. The molecule has 0 radical (unpaired) electrons. The molecule has 10 heteroatoms. The fourth-order valence-corrected chi connectivity index (χ4v) is 4.60. The van der Waals surface area contributed by atoms with Gasteiger partial charge in [0.2, 0.25) is 0 Å². The molecule has 0 spiro atoms. The van der Waals surface area contributed by atoms with Gasteiger partial charge < -0.3 is 19.9 Å². The molecule has 1 aromatic carbocycles. The molecule has 1 aromatic rings. The van der Waals surface area contributed by atoms with Gasteiger partial charge in [-0.05, 0) is 20.8 Å². The second kappa shape index (κ2) is 10.3. The zero-order valence-electron chi connectivity index (χ0n) is 18.4. The molecule has 1 amide bonds. The molecule has 166 valence electrons. The van der Waals surface area contributed by atoms with Gasteiger partial charge in [-0.1, -0.05) is 46.3 Å². The minimum Gasteiger partial charge on any atom is -0.398 e. The number of carbonyl (C=O) groups is 1. The van der Waals surface area contributed by atoms with Gasteiger partial charge in [-0.3, -0.25) is 4.79 Å². The summed E-state index contributed by atoms with van der Waals surface area (Å²) in [6.07, 6.45) is 4.25. The second-order valence-corrected chi connectivity index (χ2v) is 8.46. The molecule has 0 bridgehead atoms. The van der Waals surface area contributed by atoms with Crippen molar-refractivity contribution in [2.45, 2.75) is 45.3 Å². The normalized spacial score (nSPS) is 18.4. The van der Waals surface area contributed by atoms with Crippen molar-refractivity contribution in [2.75, 3.05) is 14.2 Å². The summed E-state index contributed by atoms with van der Waals surface area (Å²) in [6.45, 7) is 6.62. The van der Waals surface area contributed by atoms with E-state index in [1.165, 1.54) is 12.0 Å². The lowest BCUT2D eigenvalue weighted by atomic mass is 10.0. The molecule has 2 aliphatic rings. The van der Waals surface area contributed by atoms with Crippen LogP contribution in [0.2, 0.25) is 0 Å². The van der Waals surface area contributed by atoms with Crippen molar-refractivity contribution in [1.29, 1.82) is 0 Å². The van der Waals surface area contributed by atoms with Gasteiger partial charge in [-0.15, -0.1) is 0 Å². The van der Waals surface area contributed by atoms with Gasteiger partial charge in [0.05, 0.1) is 5.70 Å². The van der Waals surface area contributed by atoms with Crippen LogP contribution in [0.3, 0.4) is 0 Å². The Morgan fingerprint density at radius 1 is 1.39 bits per heavy atom. The maximum absolute atomic E-state index is 12.1. The fraction of sp³-hybridized carbons (Fsp3) is 0.429. The topological polar surface area (TPSA) is 91.1 Å². The summed E-state index contributed by atoms with van der Waals surface area (Å²) < 4.78 is 0. The third-order valence-corrected chi connectivity index (χ3v) is 6.13. The summed E-state index contributed by atoms with van der Waals surface area (Å²) in [5, 5.41) is 17.1. The second-order valence-electron chi connectivity index (χ2n) is 7.19. The molecule has 2 aliphatic heterocycles. The standard InChI is InChI=1S/C21H28N6O3S/c1-14(2)26-13-23-27-18(15(3)31-21(26)27)10-11-24-30-12-16-8-6-7-9-17(16)19(25-29-5)20(28)22-4/h6-9,11,13-14,21H,10,12H2,1-5H3,(H,22,28)/b24-11?,25-19+. The first-order valence-electron chi connectivity index (χ1n) is 10.00. The Kier molecular flexibility index (Phi) is 7.56. The highest BCUT2D eigenvalue weighted by molar-refractivity contribution is 8.03. The van der Waals surface area contributed by atoms with Crippen molar-refractivity contribution in [1.82, 2.24) is 15.2 Å². The van der Waals surface area contributed by atoms with Crippen LogP contribution in [-0.4, -0.2) is 59.8 Å². The molecule has 0 aromatic heterocycles. The van der Waals surface area contributed by atoms with Crippen LogP contribution in [0.25, 0.3) is 0 Å². The monoisotopic (exact) mass is 444 g/mol. The van der Waals surface area contributed by atoms with E-state index in [-0.39, 0.29) is 23.7 Å². The van der Waals surface area contributed by atoms with E-state index in [0.717, 1.165) is 11.3 Å².